The van der Waals surface area contributed by atoms with Crippen LogP contribution in [0.2, 0.25) is 0 Å². The van der Waals surface area contributed by atoms with Gasteiger partial charge in [-0.2, -0.15) is 4.98 Å². The lowest BCUT2D eigenvalue weighted by molar-refractivity contribution is 0.319. The Morgan fingerprint density at radius 2 is 1.96 bits per heavy atom. The van der Waals surface area contributed by atoms with E-state index in [9.17, 15) is 4.39 Å². The van der Waals surface area contributed by atoms with Gasteiger partial charge >= 0.3 is 0 Å². The summed E-state index contributed by atoms with van der Waals surface area (Å²) in [7, 11) is 0. The van der Waals surface area contributed by atoms with E-state index >= 15 is 0 Å². The van der Waals surface area contributed by atoms with E-state index in [1.807, 2.05) is 20.8 Å². The fourth-order valence-electron chi connectivity index (χ4n) is 1.72. The summed E-state index contributed by atoms with van der Waals surface area (Å²) in [5.74, 6) is 1.54. The maximum Gasteiger partial charge on any atom is 0.232 e. The molecule has 1 aromatic carbocycles. The van der Waals surface area contributed by atoms with E-state index in [1.54, 1.807) is 12.1 Å². The molecule has 0 aliphatic rings. The van der Waals surface area contributed by atoms with Gasteiger partial charge in [0.25, 0.3) is 0 Å². The van der Waals surface area contributed by atoms with Crippen LogP contribution in [-0.4, -0.2) is 20.3 Å². The minimum Gasteiger partial charge on any atom is -0.339 e. The fraction of sp³-hybridized carbons (Fsp3) is 0.333. The Balaban J connectivity index is 1.58. The normalized spacial score (nSPS) is 11.7. The Morgan fingerprint density at radius 3 is 2.62 bits per heavy atom. The molecule has 0 saturated heterocycles. The van der Waals surface area contributed by atoms with Gasteiger partial charge in [-0.05, 0) is 24.3 Å². The molecule has 126 valence electrons. The zero-order valence-corrected chi connectivity index (χ0v) is 15.0. The van der Waals surface area contributed by atoms with E-state index in [1.165, 1.54) is 35.2 Å². The number of thioether (sulfide) groups is 1. The van der Waals surface area contributed by atoms with Crippen LogP contribution in [0.1, 0.15) is 32.5 Å². The average Bonchev–Trinajstić information content (AvgIpc) is 3.16. The third-order valence-electron chi connectivity index (χ3n) is 2.94. The molecule has 24 heavy (non-hydrogen) atoms. The second kappa shape index (κ2) is 6.86. The molecule has 0 amide bonds. The highest BCUT2D eigenvalue weighted by atomic mass is 32.2. The van der Waals surface area contributed by atoms with E-state index < -0.39 is 0 Å². The molecule has 2 aromatic heterocycles. The van der Waals surface area contributed by atoms with Crippen molar-refractivity contribution in [1.82, 2.24) is 20.3 Å². The summed E-state index contributed by atoms with van der Waals surface area (Å²) in [4.78, 5) is 4.39. The molecule has 1 N–H and O–H groups in total. The minimum absolute atomic E-state index is 0.162. The van der Waals surface area contributed by atoms with Gasteiger partial charge in [-0.25, -0.2) is 4.39 Å². The number of nitrogens with one attached hydrogen (secondary N) is 1. The lowest BCUT2D eigenvalue weighted by atomic mass is 9.97. The summed E-state index contributed by atoms with van der Waals surface area (Å²) in [5.41, 5.74) is 0.599. The number of hydrogen-bond acceptors (Lipinski definition) is 8. The van der Waals surface area contributed by atoms with Crippen molar-refractivity contribution < 1.29 is 8.91 Å². The second-order valence-electron chi connectivity index (χ2n) is 6.06. The molecule has 0 spiro atoms. The quantitative estimate of drug-likeness (QED) is 0.672. The first kappa shape index (κ1) is 16.8. The SMILES string of the molecule is CC(C)(C)c1nc(CSc2nnc(Nc3ccc(F)cc3)s2)no1. The molecular formula is C15H16FN5OS2. The minimum atomic E-state index is -0.274. The van der Waals surface area contributed by atoms with Gasteiger partial charge in [-0.1, -0.05) is 49.0 Å². The third kappa shape index (κ3) is 4.30. The zero-order chi connectivity index (χ0) is 17.2. The van der Waals surface area contributed by atoms with Crippen molar-refractivity contribution >= 4 is 33.9 Å². The van der Waals surface area contributed by atoms with Gasteiger partial charge in [0.15, 0.2) is 10.2 Å². The zero-order valence-electron chi connectivity index (χ0n) is 13.4. The van der Waals surface area contributed by atoms with E-state index in [2.05, 4.69) is 25.7 Å². The molecule has 0 fully saturated rings. The van der Waals surface area contributed by atoms with Gasteiger partial charge in [0.05, 0.1) is 5.75 Å². The van der Waals surface area contributed by atoms with Crippen molar-refractivity contribution in [2.45, 2.75) is 36.3 Å². The van der Waals surface area contributed by atoms with Gasteiger partial charge in [0.2, 0.25) is 11.0 Å². The monoisotopic (exact) mass is 365 g/mol. The molecule has 0 aliphatic carbocycles. The first-order chi connectivity index (χ1) is 11.4. The number of hydrogen-bond donors (Lipinski definition) is 1. The highest BCUT2D eigenvalue weighted by molar-refractivity contribution is 8.00. The van der Waals surface area contributed by atoms with Gasteiger partial charge < -0.3 is 9.84 Å². The Morgan fingerprint density at radius 1 is 1.21 bits per heavy atom. The van der Waals surface area contributed by atoms with Crippen LogP contribution in [0.3, 0.4) is 0 Å². The predicted octanol–water partition coefficient (Wildman–Crippen LogP) is 4.39. The number of halogens is 1. The molecule has 0 atom stereocenters. The molecule has 0 aliphatic heterocycles. The maximum absolute atomic E-state index is 12.9. The van der Waals surface area contributed by atoms with Gasteiger partial charge in [-0.15, -0.1) is 10.2 Å². The van der Waals surface area contributed by atoms with Gasteiger partial charge in [-0.3, -0.25) is 0 Å². The molecule has 9 heteroatoms. The Kier molecular flexibility index (Phi) is 4.81. The largest absolute Gasteiger partial charge is 0.339 e. The average molecular weight is 365 g/mol. The highest BCUT2D eigenvalue weighted by Gasteiger charge is 2.21. The highest BCUT2D eigenvalue weighted by Crippen LogP contribution is 2.30. The first-order valence-corrected chi connectivity index (χ1v) is 9.02. The molecule has 2 heterocycles. The van der Waals surface area contributed by atoms with Crippen molar-refractivity contribution in [1.29, 1.82) is 0 Å². The van der Waals surface area contributed by atoms with Crippen LogP contribution in [0.15, 0.2) is 33.1 Å². The number of benzene rings is 1. The molecule has 0 radical (unpaired) electrons. The molecule has 3 aromatic rings. The topological polar surface area (TPSA) is 76.7 Å². The van der Waals surface area contributed by atoms with E-state index in [0.717, 1.165) is 10.0 Å². The number of rotatable bonds is 5. The second-order valence-corrected chi connectivity index (χ2v) is 8.26. The Hall–Kier alpha value is -2.00. The number of aromatic nitrogens is 4. The van der Waals surface area contributed by atoms with Crippen molar-refractivity contribution in [2.75, 3.05) is 5.32 Å². The molecule has 0 unspecified atom stereocenters. The summed E-state index contributed by atoms with van der Waals surface area (Å²) >= 11 is 2.90. The Bertz CT molecular complexity index is 810. The smallest absolute Gasteiger partial charge is 0.232 e. The van der Waals surface area contributed by atoms with Crippen LogP contribution in [0.5, 0.6) is 0 Å². The molecule has 0 saturated carbocycles. The molecule has 3 rings (SSSR count). The van der Waals surface area contributed by atoms with Crippen LogP contribution >= 0.6 is 23.1 Å². The van der Waals surface area contributed by atoms with Crippen molar-refractivity contribution in [3.05, 3.63) is 41.8 Å². The Labute approximate surface area is 146 Å². The van der Waals surface area contributed by atoms with Gasteiger partial charge in [0, 0.05) is 11.1 Å². The maximum atomic E-state index is 12.9. The molecule has 6 nitrogen and oxygen atoms in total. The van der Waals surface area contributed by atoms with Crippen molar-refractivity contribution in [3.63, 3.8) is 0 Å². The predicted molar refractivity (Wildman–Crippen MR) is 92.2 cm³/mol. The number of anilines is 2. The van der Waals surface area contributed by atoms with E-state index in [0.29, 0.717) is 22.6 Å². The lowest BCUT2D eigenvalue weighted by Crippen LogP contribution is -2.11. The van der Waals surface area contributed by atoms with Crippen LogP contribution in [-0.2, 0) is 11.2 Å². The summed E-state index contributed by atoms with van der Waals surface area (Å²) in [6, 6.07) is 6.08. The fourth-order valence-corrected chi connectivity index (χ4v) is 3.33. The van der Waals surface area contributed by atoms with Crippen molar-refractivity contribution in [2.24, 2.45) is 0 Å². The number of nitrogens with zero attached hydrogens (tertiary/aromatic N) is 4. The van der Waals surface area contributed by atoms with Gasteiger partial charge in [0.1, 0.15) is 5.82 Å². The summed E-state index contributed by atoms with van der Waals surface area (Å²) in [6.07, 6.45) is 0. The first-order valence-electron chi connectivity index (χ1n) is 7.22. The standard InChI is InChI=1S/C15H16FN5OS2/c1-15(2,3)12-18-11(21-22-12)8-23-14-20-19-13(24-14)17-10-6-4-9(16)5-7-10/h4-7H,8H2,1-3H3,(H,17,19). The van der Waals surface area contributed by atoms with Crippen LogP contribution in [0.4, 0.5) is 15.2 Å². The van der Waals surface area contributed by atoms with Crippen LogP contribution in [0, 0.1) is 5.82 Å². The van der Waals surface area contributed by atoms with Crippen LogP contribution < -0.4 is 5.32 Å². The van der Waals surface area contributed by atoms with Crippen LogP contribution in [0.25, 0.3) is 0 Å². The van der Waals surface area contributed by atoms with E-state index in [-0.39, 0.29) is 11.2 Å². The molecular weight excluding hydrogens is 349 g/mol. The summed E-state index contributed by atoms with van der Waals surface area (Å²) < 4.78 is 18.9. The van der Waals surface area contributed by atoms with Crippen molar-refractivity contribution in [3.8, 4) is 0 Å². The summed E-state index contributed by atoms with van der Waals surface area (Å²) in [6.45, 7) is 6.07. The summed E-state index contributed by atoms with van der Waals surface area (Å²) in [5, 5.41) is 15.9. The molecule has 0 bridgehead atoms. The lowest BCUT2D eigenvalue weighted by Gasteiger charge is -2.10. The third-order valence-corrected chi connectivity index (χ3v) is 4.90. The van der Waals surface area contributed by atoms with E-state index in [4.69, 9.17) is 4.52 Å².